The maximum absolute atomic E-state index is 13.4. The van der Waals surface area contributed by atoms with Gasteiger partial charge in [0.1, 0.15) is 5.76 Å². The third-order valence-corrected chi connectivity index (χ3v) is 6.64. The molecule has 1 saturated heterocycles. The standard InChI is InChI=1S/C27H22Cl3NO6/c1-4-37-21-13-14(5-10-20(21)35-2)23-22(24(32)15-11-18(29)26(36-3)19(30)12-15)25(33)27(34)31(23)17-8-6-16(28)7-9-17/h5-13,23,32H,4H2,1-3H3/b24-22+. The lowest BCUT2D eigenvalue weighted by molar-refractivity contribution is -0.132. The highest BCUT2D eigenvalue weighted by atomic mass is 35.5. The number of Topliss-reactive ketones (excluding diaryl/α,β-unsaturated/α-hetero) is 1. The van der Waals surface area contributed by atoms with Gasteiger partial charge in [-0.3, -0.25) is 14.5 Å². The molecule has 10 heteroatoms. The number of rotatable bonds is 7. The molecule has 0 saturated carbocycles. The second-order valence-corrected chi connectivity index (χ2v) is 9.21. The van der Waals surface area contributed by atoms with E-state index >= 15 is 0 Å². The first-order valence-corrected chi connectivity index (χ1v) is 12.3. The van der Waals surface area contributed by atoms with Crippen LogP contribution in [0.15, 0.2) is 60.2 Å². The summed E-state index contributed by atoms with van der Waals surface area (Å²) < 4.78 is 16.3. The molecule has 3 aromatic rings. The van der Waals surface area contributed by atoms with Crippen molar-refractivity contribution in [3.05, 3.63) is 86.4 Å². The lowest BCUT2D eigenvalue weighted by Crippen LogP contribution is -2.29. The zero-order valence-electron chi connectivity index (χ0n) is 20.1. The van der Waals surface area contributed by atoms with Crippen LogP contribution < -0.4 is 19.1 Å². The van der Waals surface area contributed by atoms with Crippen molar-refractivity contribution >= 4 is 57.9 Å². The molecule has 3 aromatic carbocycles. The van der Waals surface area contributed by atoms with E-state index in [1.54, 1.807) is 42.5 Å². The summed E-state index contributed by atoms with van der Waals surface area (Å²) in [5.41, 5.74) is 0.916. The number of benzene rings is 3. The molecular formula is C27H22Cl3NO6. The van der Waals surface area contributed by atoms with Gasteiger partial charge in [-0.05, 0) is 61.0 Å². The number of anilines is 1. The molecule has 1 fully saturated rings. The minimum absolute atomic E-state index is 0.128. The number of carbonyl (C=O) groups excluding carboxylic acids is 2. The number of aliphatic hydroxyl groups excluding tert-OH is 1. The molecule has 0 aliphatic carbocycles. The Labute approximate surface area is 228 Å². The van der Waals surface area contributed by atoms with Gasteiger partial charge in [0.05, 0.1) is 42.5 Å². The molecule has 1 aliphatic rings. The molecule has 0 spiro atoms. The van der Waals surface area contributed by atoms with Gasteiger partial charge in [0, 0.05) is 16.3 Å². The average molecular weight is 563 g/mol. The van der Waals surface area contributed by atoms with Gasteiger partial charge in [0.15, 0.2) is 17.2 Å². The third kappa shape index (κ3) is 4.94. The van der Waals surface area contributed by atoms with Crippen molar-refractivity contribution in [2.24, 2.45) is 0 Å². The highest BCUT2D eigenvalue weighted by Gasteiger charge is 2.47. The fraction of sp³-hybridized carbons (Fsp3) is 0.185. The van der Waals surface area contributed by atoms with Crippen LogP contribution in [0.4, 0.5) is 5.69 Å². The first-order chi connectivity index (χ1) is 17.7. The van der Waals surface area contributed by atoms with E-state index in [0.717, 1.165) is 0 Å². The maximum atomic E-state index is 13.4. The van der Waals surface area contributed by atoms with Gasteiger partial charge in [0.25, 0.3) is 11.7 Å². The molecule has 1 aliphatic heterocycles. The Bertz CT molecular complexity index is 1380. The number of ether oxygens (including phenoxy) is 3. The van der Waals surface area contributed by atoms with E-state index in [4.69, 9.17) is 49.0 Å². The largest absolute Gasteiger partial charge is 0.507 e. The molecule has 0 aromatic heterocycles. The van der Waals surface area contributed by atoms with Crippen LogP contribution in [0.1, 0.15) is 24.1 Å². The normalized spacial score (nSPS) is 16.7. The number of nitrogens with zero attached hydrogens (tertiary/aromatic N) is 1. The van der Waals surface area contributed by atoms with Crippen LogP contribution in [0.3, 0.4) is 0 Å². The summed E-state index contributed by atoms with van der Waals surface area (Å²) in [7, 11) is 2.92. The third-order valence-electron chi connectivity index (χ3n) is 5.83. The zero-order valence-corrected chi connectivity index (χ0v) is 22.3. The van der Waals surface area contributed by atoms with Crippen LogP contribution in [0.5, 0.6) is 17.2 Å². The number of methoxy groups -OCH3 is 2. The quantitative estimate of drug-likeness (QED) is 0.196. The zero-order chi connectivity index (χ0) is 26.9. The first-order valence-electron chi connectivity index (χ1n) is 11.1. The first kappa shape index (κ1) is 26.7. The van der Waals surface area contributed by atoms with E-state index in [1.807, 2.05) is 6.92 Å². The summed E-state index contributed by atoms with van der Waals surface area (Å²) in [5.74, 6) is -1.04. The number of hydrogen-bond acceptors (Lipinski definition) is 6. The Morgan fingerprint density at radius 3 is 2.14 bits per heavy atom. The van der Waals surface area contributed by atoms with Crippen molar-refractivity contribution < 1.29 is 28.9 Å². The van der Waals surface area contributed by atoms with Crippen molar-refractivity contribution in [2.45, 2.75) is 13.0 Å². The van der Waals surface area contributed by atoms with Crippen LogP contribution in [0, 0.1) is 0 Å². The highest BCUT2D eigenvalue weighted by molar-refractivity contribution is 6.52. The molecule has 37 heavy (non-hydrogen) atoms. The van der Waals surface area contributed by atoms with Crippen molar-refractivity contribution in [3.63, 3.8) is 0 Å². The monoisotopic (exact) mass is 561 g/mol. The van der Waals surface area contributed by atoms with E-state index in [9.17, 15) is 14.7 Å². The molecule has 0 radical (unpaired) electrons. The molecule has 1 heterocycles. The Morgan fingerprint density at radius 2 is 1.57 bits per heavy atom. The Kier molecular flexibility index (Phi) is 7.87. The average Bonchev–Trinajstić information content (AvgIpc) is 3.14. The predicted molar refractivity (Wildman–Crippen MR) is 143 cm³/mol. The van der Waals surface area contributed by atoms with Crippen molar-refractivity contribution in [1.29, 1.82) is 0 Å². The Morgan fingerprint density at radius 1 is 0.919 bits per heavy atom. The summed E-state index contributed by atoms with van der Waals surface area (Å²) in [6.45, 7) is 2.18. The number of aliphatic hydroxyl groups is 1. The highest BCUT2D eigenvalue weighted by Crippen LogP contribution is 2.45. The SMILES string of the molecule is CCOc1cc(C2/C(=C(\O)c3cc(Cl)c(OC)c(Cl)c3)C(=O)C(=O)N2c2ccc(Cl)cc2)ccc1OC. The molecule has 1 amide bonds. The number of halogens is 3. The predicted octanol–water partition coefficient (Wildman–Crippen LogP) is 6.69. The van der Waals surface area contributed by atoms with Gasteiger partial charge in [0.2, 0.25) is 0 Å². The van der Waals surface area contributed by atoms with E-state index in [-0.39, 0.29) is 26.9 Å². The van der Waals surface area contributed by atoms with Gasteiger partial charge < -0.3 is 19.3 Å². The Hall–Kier alpha value is -3.39. The number of amides is 1. The van der Waals surface area contributed by atoms with E-state index in [0.29, 0.717) is 34.4 Å². The van der Waals surface area contributed by atoms with Gasteiger partial charge in [-0.15, -0.1) is 0 Å². The van der Waals surface area contributed by atoms with E-state index in [2.05, 4.69) is 0 Å². The minimum atomic E-state index is -1.01. The van der Waals surface area contributed by atoms with Gasteiger partial charge in [-0.1, -0.05) is 40.9 Å². The smallest absolute Gasteiger partial charge is 0.300 e. The summed E-state index contributed by atoms with van der Waals surface area (Å²) in [6, 6.07) is 13.3. The van der Waals surface area contributed by atoms with E-state index < -0.39 is 23.5 Å². The van der Waals surface area contributed by atoms with Crippen LogP contribution in [0.2, 0.25) is 15.1 Å². The molecule has 192 valence electrons. The lowest BCUT2D eigenvalue weighted by atomic mass is 9.94. The molecular weight excluding hydrogens is 541 g/mol. The number of hydrogen-bond donors (Lipinski definition) is 1. The maximum Gasteiger partial charge on any atom is 0.300 e. The topological polar surface area (TPSA) is 85.3 Å². The molecule has 7 nitrogen and oxygen atoms in total. The van der Waals surface area contributed by atoms with Crippen LogP contribution >= 0.6 is 34.8 Å². The fourth-order valence-electron chi connectivity index (χ4n) is 4.19. The Balaban J connectivity index is 1.98. The molecule has 1 N–H and O–H groups in total. The van der Waals surface area contributed by atoms with E-state index in [1.165, 1.54) is 31.3 Å². The summed E-state index contributed by atoms with van der Waals surface area (Å²) in [6.07, 6.45) is 0. The summed E-state index contributed by atoms with van der Waals surface area (Å²) in [5, 5.41) is 12.1. The second kappa shape index (κ2) is 10.9. The van der Waals surface area contributed by atoms with Crippen LogP contribution in [-0.4, -0.2) is 37.6 Å². The van der Waals surface area contributed by atoms with Gasteiger partial charge >= 0.3 is 0 Å². The van der Waals surface area contributed by atoms with Crippen molar-refractivity contribution in [3.8, 4) is 17.2 Å². The van der Waals surface area contributed by atoms with Gasteiger partial charge in [-0.2, -0.15) is 0 Å². The van der Waals surface area contributed by atoms with Gasteiger partial charge in [-0.25, -0.2) is 0 Å². The molecule has 0 bridgehead atoms. The summed E-state index contributed by atoms with van der Waals surface area (Å²) in [4.78, 5) is 28.1. The molecule has 1 unspecified atom stereocenters. The summed E-state index contributed by atoms with van der Waals surface area (Å²) >= 11 is 18.6. The number of carbonyl (C=O) groups is 2. The minimum Gasteiger partial charge on any atom is -0.507 e. The van der Waals surface area contributed by atoms with Crippen LogP contribution in [0.25, 0.3) is 5.76 Å². The van der Waals surface area contributed by atoms with Crippen molar-refractivity contribution in [1.82, 2.24) is 0 Å². The lowest BCUT2D eigenvalue weighted by Gasteiger charge is -2.26. The van der Waals surface area contributed by atoms with Crippen LogP contribution in [-0.2, 0) is 9.59 Å². The molecule has 4 rings (SSSR count). The van der Waals surface area contributed by atoms with Crippen molar-refractivity contribution in [2.75, 3.05) is 25.7 Å². The number of ketones is 1. The molecule has 1 atom stereocenters. The second-order valence-electron chi connectivity index (χ2n) is 7.96. The fourth-order valence-corrected chi connectivity index (χ4v) is 4.96.